The van der Waals surface area contributed by atoms with Gasteiger partial charge in [-0.3, -0.25) is 16.5 Å². The lowest BCUT2D eigenvalue weighted by Gasteiger charge is -2.32. The first-order valence-electron chi connectivity index (χ1n) is 5.66. The van der Waals surface area contributed by atoms with Gasteiger partial charge in [-0.15, -0.1) is 4.91 Å². The number of nitroso groups, excluding NO2 is 1. The number of pyridine rings is 1. The topological polar surface area (TPSA) is 136 Å². The number of hydrogen-bond donors (Lipinski definition) is 2. The van der Waals surface area contributed by atoms with E-state index in [4.69, 9.17) is 11.5 Å². The molecule has 2 aromatic heterocycles. The summed E-state index contributed by atoms with van der Waals surface area (Å²) < 4.78 is 0. The maximum Gasteiger partial charge on any atom is 0.202 e. The normalized spacial score (nSPS) is 15.8. The van der Waals surface area contributed by atoms with Crippen LogP contribution in [0.15, 0.2) is 41.0 Å². The van der Waals surface area contributed by atoms with Gasteiger partial charge in [0.25, 0.3) is 0 Å². The fourth-order valence-corrected chi connectivity index (χ4v) is 1.79. The number of aromatic nitrogens is 3. The van der Waals surface area contributed by atoms with Crippen LogP contribution >= 0.6 is 0 Å². The zero-order chi connectivity index (χ0) is 14.2. The standard InChI is InChI=1S/C11H10N8O/c12-11(13)6-16-10-8(19(11)18-20)5-15-9(17-10)7-2-1-3-14-4-7/h1-6H,12-13H2. The predicted molar refractivity (Wildman–Crippen MR) is 72.8 cm³/mol. The quantitative estimate of drug-likeness (QED) is 0.592. The Morgan fingerprint density at radius 2 is 2.15 bits per heavy atom. The van der Waals surface area contributed by atoms with Gasteiger partial charge in [-0.05, 0) is 12.1 Å². The summed E-state index contributed by atoms with van der Waals surface area (Å²) in [7, 11) is 0. The van der Waals surface area contributed by atoms with E-state index in [1.54, 1.807) is 18.5 Å². The Morgan fingerprint density at radius 3 is 2.85 bits per heavy atom. The van der Waals surface area contributed by atoms with Gasteiger partial charge in [0, 0.05) is 18.0 Å². The van der Waals surface area contributed by atoms with Crippen LogP contribution in [0.3, 0.4) is 0 Å². The summed E-state index contributed by atoms with van der Waals surface area (Å²) in [6.07, 6.45) is 5.88. The van der Waals surface area contributed by atoms with Crippen molar-refractivity contribution in [1.82, 2.24) is 15.0 Å². The van der Waals surface area contributed by atoms with Crippen LogP contribution in [0.2, 0.25) is 0 Å². The van der Waals surface area contributed by atoms with Crippen LogP contribution in [-0.4, -0.2) is 27.0 Å². The molecule has 0 fully saturated rings. The van der Waals surface area contributed by atoms with Crippen LogP contribution in [-0.2, 0) is 0 Å². The SMILES string of the molecule is NC1(N)C=Nc2nc(-c3cccnc3)ncc2N1N=O. The van der Waals surface area contributed by atoms with Crippen LogP contribution in [0, 0.1) is 4.91 Å². The zero-order valence-corrected chi connectivity index (χ0v) is 10.2. The minimum Gasteiger partial charge on any atom is -0.290 e. The lowest BCUT2D eigenvalue weighted by Crippen LogP contribution is -2.63. The van der Waals surface area contributed by atoms with Gasteiger partial charge in [0.2, 0.25) is 5.79 Å². The summed E-state index contributed by atoms with van der Waals surface area (Å²) in [5.74, 6) is -0.889. The van der Waals surface area contributed by atoms with E-state index in [9.17, 15) is 4.91 Å². The maximum absolute atomic E-state index is 10.9. The van der Waals surface area contributed by atoms with Crippen LogP contribution in [0.25, 0.3) is 11.4 Å². The highest BCUT2D eigenvalue weighted by molar-refractivity contribution is 5.85. The van der Waals surface area contributed by atoms with Crippen molar-refractivity contribution >= 4 is 17.7 Å². The van der Waals surface area contributed by atoms with Gasteiger partial charge in [0.15, 0.2) is 11.6 Å². The first kappa shape index (κ1) is 12.3. The van der Waals surface area contributed by atoms with Gasteiger partial charge < -0.3 is 0 Å². The van der Waals surface area contributed by atoms with Crippen molar-refractivity contribution < 1.29 is 0 Å². The van der Waals surface area contributed by atoms with Gasteiger partial charge in [-0.25, -0.2) is 15.0 Å². The molecule has 0 atom stereocenters. The molecule has 3 rings (SSSR count). The third-order valence-electron chi connectivity index (χ3n) is 2.74. The first-order chi connectivity index (χ1) is 9.62. The Kier molecular flexibility index (Phi) is 2.70. The highest BCUT2D eigenvalue weighted by Gasteiger charge is 2.34. The van der Waals surface area contributed by atoms with Crippen molar-refractivity contribution in [1.29, 1.82) is 0 Å². The van der Waals surface area contributed by atoms with Crippen molar-refractivity contribution in [3.63, 3.8) is 0 Å². The Bertz CT molecular complexity index is 684. The van der Waals surface area contributed by atoms with Gasteiger partial charge in [0.1, 0.15) is 5.69 Å². The molecular weight excluding hydrogens is 260 g/mol. The highest BCUT2D eigenvalue weighted by Crippen LogP contribution is 2.33. The Labute approximate surface area is 113 Å². The van der Waals surface area contributed by atoms with E-state index >= 15 is 0 Å². The number of fused-ring (bicyclic) bond motifs is 1. The minimum atomic E-state index is -1.59. The molecule has 1 aliphatic heterocycles. The summed E-state index contributed by atoms with van der Waals surface area (Å²) in [5, 5.41) is 3.67. The molecule has 0 spiro atoms. The summed E-state index contributed by atoms with van der Waals surface area (Å²) in [6, 6.07) is 3.58. The van der Waals surface area contributed by atoms with Crippen molar-refractivity contribution in [3.8, 4) is 11.4 Å². The molecule has 0 aliphatic carbocycles. The van der Waals surface area contributed by atoms with Crippen molar-refractivity contribution in [2.75, 3.05) is 5.01 Å². The number of nitrogens with two attached hydrogens (primary N) is 2. The Morgan fingerprint density at radius 1 is 1.30 bits per heavy atom. The molecule has 9 nitrogen and oxygen atoms in total. The van der Waals surface area contributed by atoms with E-state index in [1.165, 1.54) is 12.4 Å². The summed E-state index contributed by atoms with van der Waals surface area (Å²) in [6.45, 7) is 0. The minimum absolute atomic E-state index is 0.250. The maximum atomic E-state index is 10.9. The van der Waals surface area contributed by atoms with E-state index in [0.29, 0.717) is 5.82 Å². The zero-order valence-electron chi connectivity index (χ0n) is 10.2. The molecule has 0 aromatic carbocycles. The second kappa shape index (κ2) is 4.40. The largest absolute Gasteiger partial charge is 0.290 e. The Hall–Kier alpha value is -2.78. The first-order valence-corrected chi connectivity index (χ1v) is 5.66. The summed E-state index contributed by atoms with van der Waals surface area (Å²) >= 11 is 0. The van der Waals surface area contributed by atoms with E-state index in [1.807, 2.05) is 6.07 Å². The number of aliphatic imine (C=N–C) groups is 1. The number of hydrogen-bond acceptors (Lipinski definition) is 8. The molecule has 1 aliphatic rings. The highest BCUT2D eigenvalue weighted by atomic mass is 16.3. The third-order valence-corrected chi connectivity index (χ3v) is 2.74. The van der Waals surface area contributed by atoms with Crippen molar-refractivity contribution in [3.05, 3.63) is 35.6 Å². The molecule has 3 heterocycles. The molecule has 0 bridgehead atoms. The molecule has 0 saturated carbocycles. The van der Waals surface area contributed by atoms with Crippen LogP contribution in [0.1, 0.15) is 0 Å². The fourth-order valence-electron chi connectivity index (χ4n) is 1.79. The van der Waals surface area contributed by atoms with Crippen molar-refractivity contribution in [2.45, 2.75) is 5.79 Å². The molecule has 0 radical (unpaired) electrons. The average Bonchev–Trinajstić information content (AvgIpc) is 2.47. The van der Waals surface area contributed by atoms with Crippen LogP contribution in [0.5, 0.6) is 0 Å². The molecule has 0 unspecified atom stereocenters. The molecule has 0 amide bonds. The van der Waals surface area contributed by atoms with E-state index in [0.717, 1.165) is 10.6 Å². The number of rotatable bonds is 2. The summed E-state index contributed by atoms with van der Waals surface area (Å²) in [4.78, 5) is 27.3. The Balaban J connectivity index is 2.10. The van der Waals surface area contributed by atoms with Gasteiger partial charge in [0.05, 0.1) is 17.7 Å². The number of nitrogens with zero attached hydrogens (tertiary/aromatic N) is 6. The van der Waals surface area contributed by atoms with Crippen LogP contribution in [0.4, 0.5) is 11.5 Å². The van der Waals surface area contributed by atoms with E-state index in [2.05, 4.69) is 25.2 Å². The lowest BCUT2D eigenvalue weighted by atomic mass is 10.2. The molecule has 100 valence electrons. The van der Waals surface area contributed by atoms with Gasteiger partial charge >= 0.3 is 0 Å². The smallest absolute Gasteiger partial charge is 0.202 e. The van der Waals surface area contributed by atoms with Gasteiger partial charge in [-0.1, -0.05) is 0 Å². The second-order valence-electron chi connectivity index (χ2n) is 4.18. The monoisotopic (exact) mass is 270 g/mol. The second-order valence-corrected chi connectivity index (χ2v) is 4.18. The molecule has 20 heavy (non-hydrogen) atoms. The predicted octanol–water partition coefficient (Wildman–Crippen LogP) is 0.313. The number of anilines is 1. The molecule has 4 N–H and O–H groups in total. The molecule has 0 saturated heterocycles. The van der Waals surface area contributed by atoms with E-state index in [-0.39, 0.29) is 11.5 Å². The lowest BCUT2D eigenvalue weighted by molar-refractivity contribution is 0.555. The van der Waals surface area contributed by atoms with Crippen LogP contribution < -0.4 is 16.5 Å². The average molecular weight is 270 g/mol. The third kappa shape index (κ3) is 1.90. The fraction of sp³-hybridized carbons (Fsp3) is 0.0909. The molecular formula is C11H10N8O. The summed E-state index contributed by atoms with van der Waals surface area (Å²) in [5.41, 5.74) is 12.4. The molecule has 2 aromatic rings. The van der Waals surface area contributed by atoms with Crippen molar-refractivity contribution in [2.24, 2.45) is 21.7 Å². The molecule has 9 heteroatoms. The van der Waals surface area contributed by atoms with Gasteiger partial charge in [-0.2, -0.15) is 5.01 Å². The van der Waals surface area contributed by atoms with E-state index < -0.39 is 5.79 Å².